The summed E-state index contributed by atoms with van der Waals surface area (Å²) in [5.41, 5.74) is 3.38. The van der Waals surface area contributed by atoms with E-state index in [0.29, 0.717) is 60.1 Å². The Morgan fingerprint density at radius 1 is 1.25 bits per heavy atom. The number of rotatable bonds is 10. The first-order valence-corrected chi connectivity index (χ1v) is 15.0. The highest BCUT2D eigenvalue weighted by Crippen LogP contribution is 2.42. The molecule has 0 bridgehead atoms. The standard InChI is InChI=1S/C32H37FN6O5/c1-42-31-23(33)6-2-7-25(31)37-30-28-24(10-12-35-32(28)41)36-29(30)22-9-11-34-19-26(22)44-20-21-5-3-14-39(21)27(40)8-4-13-38-15-17-43-18-16-38/h2,4,6-9,11,19,21,36-37H,3,5,10,12-18,20H2,1H3,(H,35,41)/b8-4+/t21-/m0/s1. The number of halogens is 1. The number of nitrogens with zero attached hydrogens (tertiary/aromatic N) is 3. The number of H-pyrrole nitrogens is 1. The maximum Gasteiger partial charge on any atom is 0.255 e. The fourth-order valence-corrected chi connectivity index (χ4v) is 6.02. The summed E-state index contributed by atoms with van der Waals surface area (Å²) in [5, 5.41) is 6.15. The van der Waals surface area contributed by atoms with Gasteiger partial charge in [0.2, 0.25) is 5.91 Å². The summed E-state index contributed by atoms with van der Waals surface area (Å²) in [6.45, 7) is 5.37. The molecule has 0 unspecified atom stereocenters. The summed E-state index contributed by atoms with van der Waals surface area (Å²) < 4.78 is 31.6. The number of benzene rings is 1. The van der Waals surface area contributed by atoms with Gasteiger partial charge in [0.1, 0.15) is 12.4 Å². The Kier molecular flexibility index (Phi) is 9.08. The fourth-order valence-electron chi connectivity index (χ4n) is 6.02. The average Bonchev–Trinajstić information content (AvgIpc) is 3.66. The minimum Gasteiger partial charge on any atom is -0.492 e. The van der Waals surface area contributed by atoms with Crippen LogP contribution in [-0.2, 0) is 16.0 Å². The molecule has 11 nitrogen and oxygen atoms in total. The zero-order chi connectivity index (χ0) is 30.5. The van der Waals surface area contributed by atoms with Gasteiger partial charge < -0.3 is 34.7 Å². The van der Waals surface area contributed by atoms with Gasteiger partial charge in [-0.25, -0.2) is 4.39 Å². The second-order valence-electron chi connectivity index (χ2n) is 11.0. The van der Waals surface area contributed by atoms with Gasteiger partial charge in [-0.1, -0.05) is 12.1 Å². The number of para-hydroxylation sites is 1. The van der Waals surface area contributed by atoms with Crippen molar-refractivity contribution in [1.29, 1.82) is 0 Å². The van der Waals surface area contributed by atoms with Crippen LogP contribution in [0.15, 0.2) is 48.8 Å². The number of carbonyl (C=O) groups is 2. The Labute approximate surface area is 255 Å². The number of anilines is 2. The minimum absolute atomic E-state index is 0.0191. The van der Waals surface area contributed by atoms with Crippen LogP contribution in [0.25, 0.3) is 11.3 Å². The minimum atomic E-state index is -0.521. The molecule has 1 aromatic carbocycles. The van der Waals surface area contributed by atoms with Crippen molar-refractivity contribution in [2.45, 2.75) is 25.3 Å². The molecule has 0 spiro atoms. The first kappa shape index (κ1) is 29.6. The largest absolute Gasteiger partial charge is 0.492 e. The van der Waals surface area contributed by atoms with Crippen LogP contribution < -0.4 is 20.1 Å². The molecule has 3 aromatic rings. The number of pyridine rings is 1. The van der Waals surface area contributed by atoms with Crippen molar-refractivity contribution in [2.75, 3.05) is 65.0 Å². The van der Waals surface area contributed by atoms with Gasteiger partial charge in [-0.05, 0) is 31.0 Å². The second kappa shape index (κ2) is 13.5. The number of hydrogen-bond donors (Lipinski definition) is 3. The molecule has 2 fully saturated rings. The number of aromatic nitrogens is 2. The number of amides is 2. The Hall–Kier alpha value is -4.42. The third-order valence-electron chi connectivity index (χ3n) is 8.27. The molecule has 3 aliphatic heterocycles. The van der Waals surface area contributed by atoms with Crippen molar-refractivity contribution >= 4 is 23.2 Å². The third-order valence-corrected chi connectivity index (χ3v) is 8.27. The predicted octanol–water partition coefficient (Wildman–Crippen LogP) is 3.51. The lowest BCUT2D eigenvalue weighted by molar-refractivity contribution is -0.127. The van der Waals surface area contributed by atoms with Crippen molar-refractivity contribution < 1.29 is 28.2 Å². The number of carbonyl (C=O) groups excluding carboxylic acids is 2. The molecule has 2 amide bonds. The summed E-state index contributed by atoms with van der Waals surface area (Å²) in [6.07, 6.45) is 9.21. The summed E-state index contributed by atoms with van der Waals surface area (Å²) in [6, 6.07) is 6.31. The number of morpholine rings is 1. The van der Waals surface area contributed by atoms with E-state index in [2.05, 4.69) is 25.5 Å². The van der Waals surface area contributed by atoms with E-state index in [1.165, 1.54) is 13.2 Å². The Morgan fingerprint density at radius 3 is 2.95 bits per heavy atom. The lowest BCUT2D eigenvalue weighted by Gasteiger charge is -2.26. The Morgan fingerprint density at radius 2 is 2.11 bits per heavy atom. The average molecular weight is 605 g/mol. The van der Waals surface area contributed by atoms with E-state index < -0.39 is 5.82 Å². The van der Waals surface area contributed by atoms with Crippen LogP contribution in [0.3, 0.4) is 0 Å². The monoisotopic (exact) mass is 604 g/mol. The van der Waals surface area contributed by atoms with Gasteiger partial charge in [-0.3, -0.25) is 19.5 Å². The van der Waals surface area contributed by atoms with Gasteiger partial charge in [0, 0.05) is 62.7 Å². The van der Waals surface area contributed by atoms with Crippen LogP contribution in [0.1, 0.15) is 28.9 Å². The number of ether oxygens (including phenoxy) is 3. The number of aromatic amines is 1. The molecule has 1 atom stereocenters. The number of fused-ring (bicyclic) bond motifs is 1. The van der Waals surface area contributed by atoms with Gasteiger partial charge >= 0.3 is 0 Å². The maximum absolute atomic E-state index is 14.6. The number of likely N-dealkylation sites (tertiary alicyclic amines) is 1. The van der Waals surface area contributed by atoms with E-state index in [0.717, 1.165) is 51.4 Å². The van der Waals surface area contributed by atoms with Gasteiger partial charge in [0.05, 0.1) is 55.2 Å². The van der Waals surface area contributed by atoms with Gasteiger partial charge in [-0.15, -0.1) is 0 Å². The lowest BCUT2D eigenvalue weighted by atomic mass is 10.0. The van der Waals surface area contributed by atoms with Crippen LogP contribution in [0.5, 0.6) is 11.5 Å². The van der Waals surface area contributed by atoms with E-state index in [-0.39, 0.29) is 23.6 Å². The summed E-state index contributed by atoms with van der Waals surface area (Å²) in [7, 11) is 1.40. The molecule has 232 valence electrons. The fraction of sp³-hybridized carbons (Fsp3) is 0.406. The van der Waals surface area contributed by atoms with Crippen LogP contribution in [0, 0.1) is 5.82 Å². The maximum atomic E-state index is 14.6. The molecule has 6 rings (SSSR count). The van der Waals surface area contributed by atoms with Gasteiger partial charge in [0.25, 0.3) is 5.91 Å². The van der Waals surface area contributed by atoms with E-state index in [1.54, 1.807) is 30.6 Å². The van der Waals surface area contributed by atoms with E-state index in [4.69, 9.17) is 14.2 Å². The lowest BCUT2D eigenvalue weighted by Crippen LogP contribution is -2.38. The van der Waals surface area contributed by atoms with Gasteiger partial charge in [-0.2, -0.15) is 0 Å². The number of nitrogens with one attached hydrogen (secondary N) is 3. The van der Waals surface area contributed by atoms with Crippen molar-refractivity contribution in [3.8, 4) is 22.8 Å². The first-order valence-electron chi connectivity index (χ1n) is 15.0. The zero-order valence-electron chi connectivity index (χ0n) is 24.7. The summed E-state index contributed by atoms with van der Waals surface area (Å²) in [4.78, 5) is 38.0. The van der Waals surface area contributed by atoms with Crippen LogP contribution in [0.4, 0.5) is 15.8 Å². The molecule has 12 heteroatoms. The van der Waals surface area contributed by atoms with Crippen LogP contribution >= 0.6 is 0 Å². The normalized spacial score (nSPS) is 18.7. The number of hydrogen-bond acceptors (Lipinski definition) is 8. The second-order valence-corrected chi connectivity index (χ2v) is 11.0. The molecular weight excluding hydrogens is 567 g/mol. The van der Waals surface area contributed by atoms with Crippen molar-refractivity contribution in [3.05, 3.63) is 65.9 Å². The smallest absolute Gasteiger partial charge is 0.255 e. The summed E-state index contributed by atoms with van der Waals surface area (Å²) in [5.74, 6) is -0.226. The topological polar surface area (TPSA) is 121 Å². The highest BCUT2D eigenvalue weighted by atomic mass is 19.1. The molecular formula is C32H37FN6O5. The predicted molar refractivity (Wildman–Crippen MR) is 163 cm³/mol. The zero-order valence-corrected chi connectivity index (χ0v) is 24.7. The molecule has 0 aliphatic carbocycles. The Bertz CT molecular complexity index is 1540. The molecule has 3 aliphatic rings. The molecule has 0 radical (unpaired) electrons. The summed E-state index contributed by atoms with van der Waals surface area (Å²) >= 11 is 0. The molecule has 5 heterocycles. The third kappa shape index (κ3) is 6.27. The van der Waals surface area contributed by atoms with Crippen molar-refractivity contribution in [3.63, 3.8) is 0 Å². The molecule has 44 heavy (non-hydrogen) atoms. The highest BCUT2D eigenvalue weighted by Gasteiger charge is 2.31. The van der Waals surface area contributed by atoms with Gasteiger partial charge in [0.15, 0.2) is 11.6 Å². The van der Waals surface area contributed by atoms with Crippen LogP contribution in [0.2, 0.25) is 0 Å². The molecule has 2 saturated heterocycles. The van der Waals surface area contributed by atoms with Crippen molar-refractivity contribution in [1.82, 2.24) is 25.1 Å². The van der Waals surface area contributed by atoms with Crippen LogP contribution in [-0.4, -0.2) is 97.3 Å². The highest BCUT2D eigenvalue weighted by molar-refractivity contribution is 6.06. The molecule has 3 N–H and O–H groups in total. The van der Waals surface area contributed by atoms with E-state index >= 15 is 0 Å². The first-order chi connectivity index (χ1) is 21.5. The Balaban J connectivity index is 1.23. The van der Waals surface area contributed by atoms with E-state index in [9.17, 15) is 14.0 Å². The quantitative estimate of drug-likeness (QED) is 0.301. The molecule has 2 aromatic heterocycles. The van der Waals surface area contributed by atoms with E-state index in [1.807, 2.05) is 17.0 Å². The molecule has 0 saturated carbocycles. The van der Waals surface area contributed by atoms with Crippen molar-refractivity contribution in [2.24, 2.45) is 0 Å². The number of methoxy groups -OCH3 is 1. The SMILES string of the molecule is COc1c(F)cccc1Nc1c(-c2ccncc2OC[C@@H]2CCCN2C(=O)/C=C/CN2CCOCC2)[nH]c2c1C(=O)NCC2.